The predicted molar refractivity (Wildman–Crippen MR) is 72.1 cm³/mol. The summed E-state index contributed by atoms with van der Waals surface area (Å²) in [5.74, 6) is 0. The second-order valence-electron chi connectivity index (χ2n) is 4.08. The van der Waals surface area contributed by atoms with Crippen LogP contribution < -0.4 is 16.0 Å². The number of benzene rings is 1. The van der Waals surface area contributed by atoms with E-state index in [9.17, 15) is 0 Å². The molecule has 0 aliphatic heterocycles. The summed E-state index contributed by atoms with van der Waals surface area (Å²) in [4.78, 5) is 2.33. The molecule has 0 amide bonds. The summed E-state index contributed by atoms with van der Waals surface area (Å²) < 4.78 is 0. The molecule has 0 aromatic heterocycles. The summed E-state index contributed by atoms with van der Waals surface area (Å²) in [6, 6.07) is 8.70. The fourth-order valence-electron chi connectivity index (χ4n) is 1.66. The molecule has 90 valence electrons. The summed E-state index contributed by atoms with van der Waals surface area (Å²) in [5.41, 5.74) is 8.10. The van der Waals surface area contributed by atoms with Gasteiger partial charge in [0.15, 0.2) is 0 Å². The number of nitrogens with one attached hydrogen (secondary N) is 1. The number of nitrogens with zero attached hydrogens (tertiary/aromatic N) is 1. The normalized spacial score (nSPS) is 12.2. The Morgan fingerprint density at radius 3 is 2.19 bits per heavy atom. The SMILES string of the molecule is CCN(CC)c1ccc(NCC(C)N)cc1. The van der Waals surface area contributed by atoms with Crippen LogP contribution in [0.25, 0.3) is 0 Å². The van der Waals surface area contributed by atoms with Gasteiger partial charge in [-0.2, -0.15) is 0 Å². The second kappa shape index (κ2) is 6.38. The zero-order chi connectivity index (χ0) is 12.0. The van der Waals surface area contributed by atoms with E-state index in [4.69, 9.17) is 5.73 Å². The summed E-state index contributed by atoms with van der Waals surface area (Å²) in [6.45, 7) is 9.24. The van der Waals surface area contributed by atoms with Crippen molar-refractivity contribution in [1.82, 2.24) is 0 Å². The molecule has 1 atom stereocenters. The van der Waals surface area contributed by atoms with E-state index >= 15 is 0 Å². The van der Waals surface area contributed by atoms with Crippen molar-refractivity contribution in [3.8, 4) is 0 Å². The molecule has 0 saturated carbocycles. The van der Waals surface area contributed by atoms with Crippen molar-refractivity contribution in [2.45, 2.75) is 26.8 Å². The Balaban J connectivity index is 2.60. The molecule has 0 saturated heterocycles. The first-order valence-electron chi connectivity index (χ1n) is 6.01. The highest BCUT2D eigenvalue weighted by Crippen LogP contribution is 2.17. The zero-order valence-corrected chi connectivity index (χ0v) is 10.5. The smallest absolute Gasteiger partial charge is 0.0367 e. The minimum absolute atomic E-state index is 0.183. The fourth-order valence-corrected chi connectivity index (χ4v) is 1.66. The third-order valence-electron chi connectivity index (χ3n) is 2.62. The van der Waals surface area contributed by atoms with Crippen LogP contribution in [0.2, 0.25) is 0 Å². The molecule has 0 aliphatic rings. The van der Waals surface area contributed by atoms with Crippen LogP contribution in [0.1, 0.15) is 20.8 Å². The van der Waals surface area contributed by atoms with Crippen molar-refractivity contribution in [2.24, 2.45) is 5.73 Å². The summed E-state index contributed by atoms with van der Waals surface area (Å²) in [7, 11) is 0. The Labute approximate surface area is 98.6 Å². The van der Waals surface area contributed by atoms with E-state index in [1.807, 2.05) is 6.92 Å². The minimum Gasteiger partial charge on any atom is -0.383 e. The topological polar surface area (TPSA) is 41.3 Å². The molecule has 0 heterocycles. The van der Waals surface area contributed by atoms with Gasteiger partial charge in [-0.05, 0) is 45.0 Å². The van der Waals surface area contributed by atoms with E-state index in [0.29, 0.717) is 0 Å². The lowest BCUT2D eigenvalue weighted by Gasteiger charge is -2.21. The maximum Gasteiger partial charge on any atom is 0.0367 e. The van der Waals surface area contributed by atoms with Gasteiger partial charge in [0.05, 0.1) is 0 Å². The molecular formula is C13H23N3. The largest absolute Gasteiger partial charge is 0.383 e. The molecule has 1 rings (SSSR count). The monoisotopic (exact) mass is 221 g/mol. The first-order chi connectivity index (χ1) is 7.67. The molecule has 16 heavy (non-hydrogen) atoms. The van der Waals surface area contributed by atoms with Gasteiger partial charge in [-0.25, -0.2) is 0 Å². The van der Waals surface area contributed by atoms with Crippen LogP contribution in [0.5, 0.6) is 0 Å². The number of nitrogens with two attached hydrogens (primary N) is 1. The van der Waals surface area contributed by atoms with Gasteiger partial charge in [0.25, 0.3) is 0 Å². The second-order valence-corrected chi connectivity index (χ2v) is 4.08. The summed E-state index contributed by atoms with van der Waals surface area (Å²) in [5, 5.41) is 3.30. The van der Waals surface area contributed by atoms with Crippen LogP contribution in [-0.2, 0) is 0 Å². The van der Waals surface area contributed by atoms with E-state index in [2.05, 4.69) is 48.3 Å². The van der Waals surface area contributed by atoms with Gasteiger partial charge >= 0.3 is 0 Å². The molecule has 1 aromatic carbocycles. The van der Waals surface area contributed by atoms with Gasteiger partial charge < -0.3 is 16.0 Å². The third-order valence-corrected chi connectivity index (χ3v) is 2.62. The van der Waals surface area contributed by atoms with Crippen LogP contribution in [0.15, 0.2) is 24.3 Å². The molecule has 3 heteroatoms. The first kappa shape index (κ1) is 12.8. The number of hydrogen-bond acceptors (Lipinski definition) is 3. The maximum absolute atomic E-state index is 5.69. The molecule has 0 spiro atoms. The quantitative estimate of drug-likeness (QED) is 0.774. The Kier molecular flexibility index (Phi) is 5.12. The number of rotatable bonds is 6. The van der Waals surface area contributed by atoms with E-state index in [1.165, 1.54) is 5.69 Å². The van der Waals surface area contributed by atoms with Crippen LogP contribution >= 0.6 is 0 Å². The molecule has 1 unspecified atom stereocenters. The van der Waals surface area contributed by atoms with Crippen LogP contribution in [0.3, 0.4) is 0 Å². The Bertz CT molecular complexity index is 289. The Hall–Kier alpha value is -1.22. The van der Waals surface area contributed by atoms with Crippen molar-refractivity contribution >= 4 is 11.4 Å². The van der Waals surface area contributed by atoms with Crippen LogP contribution in [-0.4, -0.2) is 25.7 Å². The van der Waals surface area contributed by atoms with Gasteiger partial charge in [-0.15, -0.1) is 0 Å². The van der Waals surface area contributed by atoms with E-state index in [-0.39, 0.29) is 6.04 Å². The van der Waals surface area contributed by atoms with Gasteiger partial charge in [0.1, 0.15) is 0 Å². The Morgan fingerprint density at radius 1 is 1.19 bits per heavy atom. The summed E-state index contributed by atoms with van der Waals surface area (Å²) in [6.07, 6.45) is 0. The standard InChI is InChI=1S/C13H23N3/c1-4-16(5-2)13-8-6-12(7-9-13)15-10-11(3)14/h6-9,11,15H,4-5,10,14H2,1-3H3. The number of hydrogen-bond donors (Lipinski definition) is 2. The average Bonchev–Trinajstić information content (AvgIpc) is 2.29. The molecular weight excluding hydrogens is 198 g/mol. The predicted octanol–water partition coefficient (Wildman–Crippen LogP) is 2.29. The summed E-state index contributed by atoms with van der Waals surface area (Å²) >= 11 is 0. The molecule has 0 fully saturated rings. The fraction of sp³-hybridized carbons (Fsp3) is 0.538. The van der Waals surface area contributed by atoms with Crippen LogP contribution in [0, 0.1) is 0 Å². The van der Waals surface area contributed by atoms with Crippen molar-refractivity contribution in [1.29, 1.82) is 0 Å². The molecule has 3 N–H and O–H groups in total. The Morgan fingerprint density at radius 2 is 1.75 bits per heavy atom. The molecule has 0 aliphatic carbocycles. The highest BCUT2D eigenvalue weighted by molar-refractivity contribution is 5.55. The highest BCUT2D eigenvalue weighted by atomic mass is 15.1. The minimum atomic E-state index is 0.183. The van der Waals surface area contributed by atoms with Gasteiger partial charge in [0.2, 0.25) is 0 Å². The highest BCUT2D eigenvalue weighted by Gasteiger charge is 2.01. The van der Waals surface area contributed by atoms with E-state index < -0.39 is 0 Å². The van der Waals surface area contributed by atoms with Gasteiger partial charge in [-0.1, -0.05) is 0 Å². The van der Waals surface area contributed by atoms with E-state index in [0.717, 1.165) is 25.3 Å². The third kappa shape index (κ3) is 3.74. The van der Waals surface area contributed by atoms with Crippen LogP contribution in [0.4, 0.5) is 11.4 Å². The van der Waals surface area contributed by atoms with Crippen molar-refractivity contribution in [3.05, 3.63) is 24.3 Å². The van der Waals surface area contributed by atoms with Crippen molar-refractivity contribution < 1.29 is 0 Å². The average molecular weight is 221 g/mol. The zero-order valence-electron chi connectivity index (χ0n) is 10.5. The van der Waals surface area contributed by atoms with E-state index in [1.54, 1.807) is 0 Å². The first-order valence-corrected chi connectivity index (χ1v) is 6.01. The lowest BCUT2D eigenvalue weighted by atomic mass is 10.2. The molecule has 3 nitrogen and oxygen atoms in total. The van der Waals surface area contributed by atoms with Gasteiger partial charge in [0, 0.05) is 37.1 Å². The number of anilines is 2. The van der Waals surface area contributed by atoms with Crippen molar-refractivity contribution in [3.63, 3.8) is 0 Å². The molecule has 0 bridgehead atoms. The molecule has 0 radical (unpaired) electrons. The van der Waals surface area contributed by atoms with Crippen molar-refractivity contribution in [2.75, 3.05) is 29.9 Å². The van der Waals surface area contributed by atoms with Gasteiger partial charge in [-0.3, -0.25) is 0 Å². The lowest BCUT2D eigenvalue weighted by molar-refractivity contribution is 0.780. The molecule has 1 aromatic rings. The maximum atomic E-state index is 5.69. The lowest BCUT2D eigenvalue weighted by Crippen LogP contribution is -2.25.